The van der Waals surface area contributed by atoms with Crippen LogP contribution in [0.25, 0.3) is 0 Å². The number of nitrogens with two attached hydrogens (primary N) is 1. The molecular weight excluding hydrogens is 238 g/mol. The normalized spacial score (nSPS) is 10.6. The van der Waals surface area contributed by atoms with E-state index in [-0.39, 0.29) is 12.8 Å². The summed E-state index contributed by atoms with van der Waals surface area (Å²) in [6.45, 7) is 0. The van der Waals surface area contributed by atoms with Crippen molar-refractivity contribution < 1.29 is 39.6 Å². The van der Waals surface area contributed by atoms with Crippen molar-refractivity contribution in [3.63, 3.8) is 0 Å². The number of hydrogen-bond acceptors (Lipinski definition) is 5. The fourth-order valence-electron chi connectivity index (χ4n) is 0.532. The fraction of sp³-hybridized carbons (Fsp3) is 0.500. The van der Waals surface area contributed by atoms with E-state index in [2.05, 4.69) is 0 Å². The number of carboxylic acid groups (broad SMARTS) is 4. The minimum atomic E-state index is -1.31. The molecule has 9 heteroatoms. The Hall–Kier alpha value is -2.16. The Labute approximate surface area is 95.5 Å². The highest BCUT2D eigenvalue weighted by atomic mass is 16.4. The third-order valence-electron chi connectivity index (χ3n) is 1.29. The molecule has 0 fully saturated rings. The molecule has 0 aromatic carbocycles. The first-order chi connectivity index (χ1) is 7.66. The first-order valence-corrected chi connectivity index (χ1v) is 4.30. The van der Waals surface area contributed by atoms with Gasteiger partial charge >= 0.3 is 23.9 Å². The molecule has 0 amide bonds. The molecule has 0 rings (SSSR count). The summed E-state index contributed by atoms with van der Waals surface area (Å²) in [6, 6.07) is -1.06. The largest absolute Gasteiger partial charge is 0.481 e. The van der Waals surface area contributed by atoms with Gasteiger partial charge in [-0.1, -0.05) is 0 Å². The van der Waals surface area contributed by atoms with Gasteiger partial charge in [-0.2, -0.15) is 0 Å². The van der Waals surface area contributed by atoms with Gasteiger partial charge in [0.15, 0.2) is 0 Å². The molecule has 9 nitrogen and oxygen atoms in total. The second-order valence-electron chi connectivity index (χ2n) is 2.84. The molecule has 98 valence electrons. The minimum Gasteiger partial charge on any atom is -0.481 e. The molecule has 0 aromatic rings. The van der Waals surface area contributed by atoms with E-state index in [0.29, 0.717) is 0 Å². The van der Waals surface area contributed by atoms with Crippen molar-refractivity contribution in [2.45, 2.75) is 25.3 Å². The Kier molecular flexibility index (Phi) is 9.22. The van der Waals surface area contributed by atoms with Gasteiger partial charge in [-0.3, -0.25) is 19.2 Å². The lowest BCUT2D eigenvalue weighted by atomic mass is 10.2. The maximum atomic E-state index is 9.99. The van der Waals surface area contributed by atoms with E-state index >= 15 is 0 Å². The van der Waals surface area contributed by atoms with Crippen LogP contribution in [-0.2, 0) is 19.2 Å². The van der Waals surface area contributed by atoms with Gasteiger partial charge in [0.1, 0.15) is 12.5 Å². The number of aliphatic carboxylic acids is 4. The lowest BCUT2D eigenvalue weighted by molar-refractivity contribution is -0.147. The number of carbonyl (C=O) groups is 4. The molecule has 6 N–H and O–H groups in total. The quantitative estimate of drug-likeness (QED) is 0.363. The summed E-state index contributed by atoms with van der Waals surface area (Å²) in [7, 11) is 0. The number of rotatable bonds is 6. The van der Waals surface area contributed by atoms with Crippen LogP contribution in [0.15, 0.2) is 0 Å². The first kappa shape index (κ1) is 17.2. The predicted octanol–water partition coefficient (Wildman–Crippen LogP) is -1.19. The molecule has 0 aliphatic heterocycles. The lowest BCUT2D eigenvalue weighted by Crippen LogP contribution is -2.30. The van der Waals surface area contributed by atoms with E-state index in [1.807, 2.05) is 0 Å². The van der Waals surface area contributed by atoms with Crippen LogP contribution in [0.1, 0.15) is 19.3 Å². The predicted molar refractivity (Wildman–Crippen MR) is 52.4 cm³/mol. The second-order valence-corrected chi connectivity index (χ2v) is 2.84. The highest BCUT2D eigenvalue weighted by Crippen LogP contribution is 1.93. The standard InChI is InChI=1S/C5H9NO4.C3H4O4/c6-3(5(9)10)1-2-4(7)8;4-2(5)1-3(6)7/h3H,1-2,6H2,(H,7,8)(H,9,10);1H2,(H,4,5)(H,6,7)/t3-;/m0./s1. The van der Waals surface area contributed by atoms with Crippen LogP contribution in [0.2, 0.25) is 0 Å². The number of carboxylic acids is 4. The van der Waals surface area contributed by atoms with E-state index in [9.17, 15) is 19.2 Å². The average Bonchev–Trinajstić information content (AvgIpc) is 2.12. The monoisotopic (exact) mass is 251 g/mol. The summed E-state index contributed by atoms with van der Waals surface area (Å²) >= 11 is 0. The molecule has 0 aliphatic rings. The zero-order chi connectivity index (χ0) is 14.0. The topological polar surface area (TPSA) is 175 Å². The zero-order valence-corrected chi connectivity index (χ0v) is 8.70. The van der Waals surface area contributed by atoms with Crippen LogP contribution >= 0.6 is 0 Å². The highest BCUT2D eigenvalue weighted by molar-refractivity contribution is 5.88. The third kappa shape index (κ3) is 16.5. The first-order valence-electron chi connectivity index (χ1n) is 4.30. The van der Waals surface area contributed by atoms with Crippen LogP contribution < -0.4 is 5.73 Å². The van der Waals surface area contributed by atoms with E-state index < -0.39 is 36.3 Å². The smallest absolute Gasteiger partial charge is 0.320 e. The molecule has 17 heavy (non-hydrogen) atoms. The third-order valence-corrected chi connectivity index (χ3v) is 1.29. The zero-order valence-electron chi connectivity index (χ0n) is 8.70. The van der Waals surface area contributed by atoms with E-state index in [1.54, 1.807) is 0 Å². The van der Waals surface area contributed by atoms with Gasteiger partial charge < -0.3 is 26.2 Å². The van der Waals surface area contributed by atoms with Gasteiger partial charge in [-0.05, 0) is 6.42 Å². The van der Waals surface area contributed by atoms with Crippen LogP contribution in [0.5, 0.6) is 0 Å². The summed E-state index contributed by atoms with van der Waals surface area (Å²) in [5.41, 5.74) is 5.00. The maximum absolute atomic E-state index is 9.99. The summed E-state index contributed by atoms with van der Waals surface area (Å²) in [5, 5.41) is 31.7. The van der Waals surface area contributed by atoms with Crippen molar-refractivity contribution >= 4 is 23.9 Å². The summed E-state index contributed by atoms with van der Waals surface area (Å²) in [5.74, 6) is -4.82. The average molecular weight is 251 g/mol. The van der Waals surface area contributed by atoms with E-state index in [4.69, 9.17) is 26.2 Å². The van der Waals surface area contributed by atoms with Crippen LogP contribution in [0.4, 0.5) is 0 Å². The summed E-state index contributed by atoms with van der Waals surface area (Å²) < 4.78 is 0. The molecule has 0 spiro atoms. The Balaban J connectivity index is 0. The molecule has 0 heterocycles. The van der Waals surface area contributed by atoms with Crippen molar-refractivity contribution in [3.8, 4) is 0 Å². The summed E-state index contributed by atoms with van der Waals surface area (Å²) in [6.07, 6.45) is -1.03. The fourth-order valence-corrected chi connectivity index (χ4v) is 0.532. The van der Waals surface area contributed by atoms with Crippen LogP contribution in [0.3, 0.4) is 0 Å². The van der Waals surface area contributed by atoms with Crippen molar-refractivity contribution in [2.75, 3.05) is 0 Å². The summed E-state index contributed by atoms with van der Waals surface area (Å²) in [4.78, 5) is 38.7. The van der Waals surface area contributed by atoms with Gasteiger partial charge in [0.05, 0.1) is 0 Å². The molecule has 0 aromatic heterocycles. The van der Waals surface area contributed by atoms with Crippen LogP contribution in [-0.4, -0.2) is 50.3 Å². The second kappa shape index (κ2) is 9.09. The molecule has 0 radical (unpaired) electrons. The van der Waals surface area contributed by atoms with E-state index in [0.717, 1.165) is 0 Å². The Morgan fingerprint density at radius 1 is 0.882 bits per heavy atom. The van der Waals surface area contributed by atoms with Gasteiger partial charge in [0.2, 0.25) is 0 Å². The molecular formula is C8H13NO8. The van der Waals surface area contributed by atoms with Crippen molar-refractivity contribution in [2.24, 2.45) is 5.73 Å². The lowest BCUT2D eigenvalue weighted by Gasteiger charge is -2.01. The number of hydrogen-bond donors (Lipinski definition) is 5. The molecule has 0 saturated carbocycles. The minimum absolute atomic E-state index is 0.0231. The van der Waals surface area contributed by atoms with Gasteiger partial charge in [0.25, 0.3) is 0 Å². The molecule has 0 saturated heterocycles. The van der Waals surface area contributed by atoms with Crippen molar-refractivity contribution in [1.29, 1.82) is 0 Å². The molecule has 0 aliphatic carbocycles. The van der Waals surface area contributed by atoms with Gasteiger partial charge in [-0.15, -0.1) is 0 Å². The van der Waals surface area contributed by atoms with Crippen LogP contribution in [0, 0.1) is 0 Å². The molecule has 0 bridgehead atoms. The Bertz CT molecular complexity index is 288. The van der Waals surface area contributed by atoms with Gasteiger partial charge in [-0.25, -0.2) is 0 Å². The highest BCUT2D eigenvalue weighted by Gasteiger charge is 2.12. The Morgan fingerprint density at radius 2 is 1.29 bits per heavy atom. The molecule has 0 unspecified atom stereocenters. The van der Waals surface area contributed by atoms with Crippen molar-refractivity contribution in [1.82, 2.24) is 0 Å². The molecule has 1 atom stereocenters. The SMILES string of the molecule is N[C@@H](CCC(=O)O)C(=O)O.O=C(O)CC(=O)O. The van der Waals surface area contributed by atoms with Crippen molar-refractivity contribution in [3.05, 3.63) is 0 Å². The van der Waals surface area contributed by atoms with Gasteiger partial charge in [0, 0.05) is 6.42 Å². The Morgan fingerprint density at radius 3 is 1.47 bits per heavy atom. The maximum Gasteiger partial charge on any atom is 0.320 e. The van der Waals surface area contributed by atoms with E-state index in [1.165, 1.54) is 0 Å².